The number of benzene rings is 1. The predicted octanol–water partition coefficient (Wildman–Crippen LogP) is 3.14. The summed E-state index contributed by atoms with van der Waals surface area (Å²) in [5, 5.41) is 6.04. The van der Waals surface area contributed by atoms with Crippen LogP contribution in [0, 0.1) is 16.7 Å². The van der Waals surface area contributed by atoms with Gasteiger partial charge >= 0.3 is 0 Å². The molecular formula is C20H28N2O2. The molecule has 1 aromatic carbocycles. The molecule has 2 saturated carbocycles. The van der Waals surface area contributed by atoms with Gasteiger partial charge in [-0.1, -0.05) is 39.0 Å². The van der Waals surface area contributed by atoms with Crippen molar-refractivity contribution in [2.75, 3.05) is 6.54 Å². The summed E-state index contributed by atoms with van der Waals surface area (Å²) >= 11 is 0. The second-order valence-electron chi connectivity index (χ2n) is 8.10. The number of carbonyl (C=O) groups is 2. The van der Waals surface area contributed by atoms with Gasteiger partial charge in [0.2, 0.25) is 5.91 Å². The Kier molecular flexibility index (Phi) is 4.41. The van der Waals surface area contributed by atoms with Crippen molar-refractivity contribution in [1.82, 2.24) is 10.6 Å². The smallest absolute Gasteiger partial charge is 0.251 e. The first-order chi connectivity index (χ1) is 11.3. The molecule has 1 aromatic rings. The van der Waals surface area contributed by atoms with E-state index in [1.807, 2.05) is 18.2 Å². The van der Waals surface area contributed by atoms with E-state index in [0.717, 1.165) is 6.42 Å². The second kappa shape index (κ2) is 6.23. The van der Waals surface area contributed by atoms with E-state index < -0.39 is 0 Å². The number of hydrogen-bond acceptors (Lipinski definition) is 2. The average molecular weight is 328 g/mol. The quantitative estimate of drug-likeness (QED) is 0.872. The van der Waals surface area contributed by atoms with Gasteiger partial charge in [-0.25, -0.2) is 0 Å². The lowest BCUT2D eigenvalue weighted by Gasteiger charge is -2.39. The van der Waals surface area contributed by atoms with Crippen LogP contribution in [0.15, 0.2) is 30.3 Å². The van der Waals surface area contributed by atoms with E-state index in [0.29, 0.717) is 29.9 Å². The fourth-order valence-electron chi connectivity index (χ4n) is 4.67. The lowest BCUT2D eigenvalue weighted by molar-refractivity contribution is -0.122. The minimum Gasteiger partial charge on any atom is -0.353 e. The number of rotatable bonds is 5. The monoisotopic (exact) mass is 328 g/mol. The van der Waals surface area contributed by atoms with E-state index in [1.165, 1.54) is 12.8 Å². The van der Waals surface area contributed by atoms with Gasteiger partial charge in [-0.15, -0.1) is 0 Å². The van der Waals surface area contributed by atoms with Gasteiger partial charge in [0, 0.05) is 24.6 Å². The summed E-state index contributed by atoms with van der Waals surface area (Å²) < 4.78 is 0. The van der Waals surface area contributed by atoms with Crippen molar-refractivity contribution in [1.29, 1.82) is 0 Å². The van der Waals surface area contributed by atoms with Crippen LogP contribution >= 0.6 is 0 Å². The van der Waals surface area contributed by atoms with Crippen molar-refractivity contribution in [2.45, 2.75) is 52.5 Å². The first-order valence-corrected chi connectivity index (χ1v) is 8.97. The van der Waals surface area contributed by atoms with Gasteiger partial charge < -0.3 is 10.6 Å². The SMILES string of the molecule is CC1(C)C2CCC1(C)C(NC(=O)CCNC(=O)c1ccccc1)C2. The van der Waals surface area contributed by atoms with Crippen LogP contribution in [0.2, 0.25) is 0 Å². The molecule has 3 rings (SSSR count). The summed E-state index contributed by atoms with van der Waals surface area (Å²) in [5.41, 5.74) is 1.12. The highest BCUT2D eigenvalue weighted by Gasteiger charge is 2.61. The highest BCUT2D eigenvalue weighted by molar-refractivity contribution is 5.94. The molecule has 0 aromatic heterocycles. The van der Waals surface area contributed by atoms with Crippen molar-refractivity contribution >= 4 is 11.8 Å². The molecule has 2 amide bonds. The maximum absolute atomic E-state index is 12.3. The Balaban J connectivity index is 1.47. The van der Waals surface area contributed by atoms with E-state index in [9.17, 15) is 9.59 Å². The molecule has 0 spiro atoms. The zero-order valence-corrected chi connectivity index (χ0v) is 14.9. The number of nitrogens with one attached hydrogen (secondary N) is 2. The molecule has 2 aliphatic rings. The number of fused-ring (bicyclic) bond motifs is 2. The third-order valence-electron chi connectivity index (χ3n) is 6.80. The zero-order chi connectivity index (χ0) is 17.4. The molecular weight excluding hydrogens is 300 g/mol. The average Bonchev–Trinajstić information content (AvgIpc) is 2.89. The van der Waals surface area contributed by atoms with E-state index in [2.05, 4.69) is 31.4 Å². The first kappa shape index (κ1) is 17.0. The maximum Gasteiger partial charge on any atom is 0.251 e. The molecule has 3 atom stereocenters. The first-order valence-electron chi connectivity index (χ1n) is 8.97. The van der Waals surface area contributed by atoms with Gasteiger partial charge in [0.1, 0.15) is 0 Å². The molecule has 130 valence electrons. The van der Waals surface area contributed by atoms with E-state index >= 15 is 0 Å². The summed E-state index contributed by atoms with van der Waals surface area (Å²) in [4.78, 5) is 24.3. The molecule has 3 unspecified atom stereocenters. The van der Waals surface area contributed by atoms with Gasteiger partial charge in [-0.05, 0) is 48.1 Å². The number of amides is 2. The molecule has 4 nitrogen and oxygen atoms in total. The van der Waals surface area contributed by atoms with E-state index in [1.54, 1.807) is 12.1 Å². The molecule has 2 aliphatic carbocycles. The molecule has 0 aliphatic heterocycles. The molecule has 0 radical (unpaired) electrons. The minimum atomic E-state index is -0.128. The van der Waals surface area contributed by atoms with Gasteiger partial charge in [0.15, 0.2) is 0 Å². The molecule has 4 heteroatoms. The Hall–Kier alpha value is -1.84. The Labute approximate surface area is 144 Å². The van der Waals surface area contributed by atoms with Crippen LogP contribution in [0.1, 0.15) is 56.8 Å². The third-order valence-corrected chi connectivity index (χ3v) is 6.80. The summed E-state index contributed by atoms with van der Waals surface area (Å²) in [6.07, 6.45) is 3.89. The van der Waals surface area contributed by atoms with Gasteiger partial charge in [-0.3, -0.25) is 9.59 Å². The van der Waals surface area contributed by atoms with Crippen LogP contribution in [-0.4, -0.2) is 24.4 Å². The predicted molar refractivity (Wildman–Crippen MR) is 94.6 cm³/mol. The van der Waals surface area contributed by atoms with Crippen LogP contribution in [0.25, 0.3) is 0 Å². The summed E-state index contributed by atoms with van der Waals surface area (Å²) in [6.45, 7) is 7.38. The second-order valence-corrected chi connectivity index (χ2v) is 8.10. The largest absolute Gasteiger partial charge is 0.353 e. The minimum absolute atomic E-state index is 0.0398. The molecule has 2 N–H and O–H groups in total. The molecule has 2 fully saturated rings. The number of hydrogen-bond donors (Lipinski definition) is 2. The summed E-state index contributed by atoms with van der Waals surface area (Å²) in [7, 11) is 0. The highest BCUT2D eigenvalue weighted by Crippen LogP contribution is 2.65. The fourth-order valence-corrected chi connectivity index (χ4v) is 4.67. The maximum atomic E-state index is 12.3. The van der Waals surface area contributed by atoms with Gasteiger partial charge in [-0.2, -0.15) is 0 Å². The Morgan fingerprint density at radius 3 is 2.46 bits per heavy atom. The Bertz CT molecular complexity index is 626. The van der Waals surface area contributed by atoms with Crippen molar-refractivity contribution in [3.8, 4) is 0 Å². The topological polar surface area (TPSA) is 58.2 Å². The lowest BCUT2D eigenvalue weighted by Crippen LogP contribution is -2.47. The van der Waals surface area contributed by atoms with Gasteiger partial charge in [0.25, 0.3) is 5.91 Å². The Morgan fingerprint density at radius 1 is 1.17 bits per heavy atom. The third kappa shape index (κ3) is 2.83. The van der Waals surface area contributed by atoms with Crippen LogP contribution < -0.4 is 10.6 Å². The van der Waals surface area contributed by atoms with Crippen molar-refractivity contribution in [3.05, 3.63) is 35.9 Å². The molecule has 24 heavy (non-hydrogen) atoms. The van der Waals surface area contributed by atoms with Crippen molar-refractivity contribution < 1.29 is 9.59 Å². The molecule has 2 bridgehead atoms. The fraction of sp³-hybridized carbons (Fsp3) is 0.600. The van der Waals surface area contributed by atoms with E-state index in [-0.39, 0.29) is 23.3 Å². The standard InChI is InChI=1S/C20H28N2O2/c1-19(2)15-9-11-20(19,3)16(13-15)22-17(23)10-12-21-18(24)14-7-5-4-6-8-14/h4-8,15-16H,9-13H2,1-3H3,(H,21,24)(H,22,23). The summed E-state index contributed by atoms with van der Waals surface area (Å²) in [5.74, 6) is 0.625. The van der Waals surface area contributed by atoms with Crippen LogP contribution in [0.4, 0.5) is 0 Å². The van der Waals surface area contributed by atoms with Gasteiger partial charge in [0.05, 0.1) is 0 Å². The normalized spacial score (nSPS) is 30.1. The molecule has 0 heterocycles. The van der Waals surface area contributed by atoms with Crippen LogP contribution in [-0.2, 0) is 4.79 Å². The summed E-state index contributed by atoms with van der Waals surface area (Å²) in [6, 6.07) is 9.35. The zero-order valence-electron chi connectivity index (χ0n) is 14.9. The lowest BCUT2D eigenvalue weighted by atomic mass is 9.69. The molecule has 0 saturated heterocycles. The highest BCUT2D eigenvalue weighted by atomic mass is 16.2. The van der Waals surface area contributed by atoms with Crippen LogP contribution in [0.3, 0.4) is 0 Å². The van der Waals surface area contributed by atoms with Crippen molar-refractivity contribution in [2.24, 2.45) is 16.7 Å². The Morgan fingerprint density at radius 2 is 1.88 bits per heavy atom. The number of carbonyl (C=O) groups excluding carboxylic acids is 2. The van der Waals surface area contributed by atoms with Crippen LogP contribution in [0.5, 0.6) is 0 Å². The van der Waals surface area contributed by atoms with E-state index in [4.69, 9.17) is 0 Å². The van der Waals surface area contributed by atoms with Crippen molar-refractivity contribution in [3.63, 3.8) is 0 Å².